The van der Waals surface area contributed by atoms with Crippen molar-refractivity contribution in [2.75, 3.05) is 12.3 Å². The molecular weight excluding hydrogens is 256 g/mol. The van der Waals surface area contributed by atoms with Crippen molar-refractivity contribution in [1.82, 2.24) is 9.88 Å². The number of likely N-dealkylation sites (tertiary alicyclic amines) is 1. The summed E-state index contributed by atoms with van der Waals surface area (Å²) in [4.78, 5) is 17.9. The minimum Gasteiger partial charge on any atom is -0.439 e. The molecule has 2 heterocycles. The van der Waals surface area contributed by atoms with Crippen molar-refractivity contribution in [3.63, 3.8) is 0 Å². The number of benzene rings is 1. The fourth-order valence-corrected chi connectivity index (χ4v) is 2.74. The van der Waals surface area contributed by atoms with Crippen LogP contribution in [-0.2, 0) is 11.3 Å². The number of carbonyl (C=O) groups is 1. The lowest BCUT2D eigenvalue weighted by Gasteiger charge is -2.32. The van der Waals surface area contributed by atoms with Crippen LogP contribution in [0.2, 0.25) is 0 Å². The SMILES string of the molecule is NC(=O)C1CCCCN1Cc1nc2cc(N)ccc2o1. The Bertz CT molecular complexity index is 637. The van der Waals surface area contributed by atoms with Crippen LogP contribution in [0, 0.1) is 0 Å². The highest BCUT2D eigenvalue weighted by atomic mass is 16.3. The minimum atomic E-state index is -0.273. The molecule has 20 heavy (non-hydrogen) atoms. The zero-order valence-electron chi connectivity index (χ0n) is 11.2. The molecule has 1 atom stereocenters. The Morgan fingerprint density at radius 3 is 3.10 bits per heavy atom. The Hall–Kier alpha value is -2.08. The summed E-state index contributed by atoms with van der Waals surface area (Å²) >= 11 is 0. The Morgan fingerprint density at radius 1 is 1.45 bits per heavy atom. The van der Waals surface area contributed by atoms with Gasteiger partial charge >= 0.3 is 0 Å². The summed E-state index contributed by atoms with van der Waals surface area (Å²) in [5.74, 6) is 0.323. The molecule has 0 saturated carbocycles. The number of nitrogens with two attached hydrogens (primary N) is 2. The summed E-state index contributed by atoms with van der Waals surface area (Å²) in [7, 11) is 0. The molecule has 1 fully saturated rings. The Balaban J connectivity index is 1.82. The molecule has 0 bridgehead atoms. The zero-order chi connectivity index (χ0) is 14.1. The normalized spacial score (nSPS) is 20.3. The van der Waals surface area contributed by atoms with E-state index in [-0.39, 0.29) is 11.9 Å². The monoisotopic (exact) mass is 274 g/mol. The van der Waals surface area contributed by atoms with Crippen LogP contribution in [0.4, 0.5) is 5.69 Å². The highest BCUT2D eigenvalue weighted by Gasteiger charge is 2.28. The second-order valence-electron chi connectivity index (χ2n) is 5.22. The van der Waals surface area contributed by atoms with Crippen LogP contribution < -0.4 is 11.5 Å². The average molecular weight is 274 g/mol. The highest BCUT2D eigenvalue weighted by molar-refractivity contribution is 5.80. The third-order valence-corrected chi connectivity index (χ3v) is 3.74. The van der Waals surface area contributed by atoms with Gasteiger partial charge in [0.05, 0.1) is 12.6 Å². The van der Waals surface area contributed by atoms with Crippen LogP contribution in [0.1, 0.15) is 25.2 Å². The van der Waals surface area contributed by atoms with E-state index < -0.39 is 0 Å². The largest absolute Gasteiger partial charge is 0.439 e. The van der Waals surface area contributed by atoms with Crippen molar-refractivity contribution in [1.29, 1.82) is 0 Å². The molecule has 1 aromatic carbocycles. The molecule has 0 spiro atoms. The number of piperidine rings is 1. The van der Waals surface area contributed by atoms with Crippen molar-refractivity contribution >= 4 is 22.7 Å². The lowest BCUT2D eigenvalue weighted by Crippen LogP contribution is -2.47. The van der Waals surface area contributed by atoms with E-state index >= 15 is 0 Å². The van der Waals surface area contributed by atoms with Gasteiger partial charge in [0.25, 0.3) is 0 Å². The number of hydrogen-bond acceptors (Lipinski definition) is 5. The highest BCUT2D eigenvalue weighted by Crippen LogP contribution is 2.22. The summed E-state index contributed by atoms with van der Waals surface area (Å²) in [6.07, 6.45) is 2.91. The number of oxazole rings is 1. The second-order valence-corrected chi connectivity index (χ2v) is 5.22. The summed E-state index contributed by atoms with van der Waals surface area (Å²) in [5.41, 5.74) is 13.3. The third kappa shape index (κ3) is 2.46. The molecule has 2 aromatic rings. The van der Waals surface area contributed by atoms with Gasteiger partial charge in [0.1, 0.15) is 5.52 Å². The quantitative estimate of drug-likeness (QED) is 0.821. The van der Waals surface area contributed by atoms with Crippen LogP contribution in [0.3, 0.4) is 0 Å². The third-order valence-electron chi connectivity index (χ3n) is 3.74. The first-order valence-electron chi connectivity index (χ1n) is 6.82. The average Bonchev–Trinajstić information content (AvgIpc) is 2.80. The molecule has 0 radical (unpaired) electrons. The Labute approximate surface area is 116 Å². The molecule has 0 aliphatic carbocycles. The summed E-state index contributed by atoms with van der Waals surface area (Å²) < 4.78 is 5.69. The van der Waals surface area contributed by atoms with Crippen LogP contribution in [0.15, 0.2) is 22.6 Å². The van der Waals surface area contributed by atoms with Crippen molar-refractivity contribution in [3.8, 4) is 0 Å². The van der Waals surface area contributed by atoms with Gasteiger partial charge in [-0.3, -0.25) is 9.69 Å². The minimum absolute atomic E-state index is 0.219. The van der Waals surface area contributed by atoms with Crippen LogP contribution in [0.5, 0.6) is 0 Å². The van der Waals surface area contributed by atoms with Crippen molar-refractivity contribution < 1.29 is 9.21 Å². The molecule has 1 unspecified atom stereocenters. The lowest BCUT2D eigenvalue weighted by molar-refractivity contribution is -0.124. The number of amides is 1. The molecule has 1 aliphatic rings. The molecule has 6 heteroatoms. The van der Waals surface area contributed by atoms with Gasteiger partial charge < -0.3 is 15.9 Å². The number of anilines is 1. The maximum atomic E-state index is 11.5. The zero-order valence-corrected chi connectivity index (χ0v) is 11.2. The second kappa shape index (κ2) is 5.13. The van der Waals surface area contributed by atoms with Crippen LogP contribution >= 0.6 is 0 Å². The number of nitrogen functional groups attached to an aromatic ring is 1. The van der Waals surface area contributed by atoms with Gasteiger partial charge in [-0.05, 0) is 37.6 Å². The summed E-state index contributed by atoms with van der Waals surface area (Å²) in [5, 5.41) is 0. The number of nitrogens with zero attached hydrogens (tertiary/aromatic N) is 2. The van der Waals surface area contributed by atoms with Gasteiger partial charge in [0.2, 0.25) is 11.8 Å². The fourth-order valence-electron chi connectivity index (χ4n) is 2.74. The first kappa shape index (κ1) is 12.9. The first-order chi connectivity index (χ1) is 9.63. The molecule has 4 N–H and O–H groups in total. The predicted octanol–water partition coefficient (Wildman–Crippen LogP) is 1.25. The van der Waals surface area contributed by atoms with E-state index in [1.54, 1.807) is 12.1 Å². The van der Waals surface area contributed by atoms with Gasteiger partial charge in [-0.2, -0.15) is 0 Å². The molecule has 1 aliphatic heterocycles. The van der Waals surface area contributed by atoms with Gasteiger partial charge in [-0.1, -0.05) is 6.42 Å². The molecular formula is C14H18N4O2. The Kier molecular flexibility index (Phi) is 3.31. The van der Waals surface area contributed by atoms with Gasteiger partial charge in [-0.25, -0.2) is 4.98 Å². The number of carbonyl (C=O) groups excluding carboxylic acids is 1. The standard InChI is InChI=1S/C14H18N4O2/c15-9-4-5-12-10(7-9)17-13(20-12)8-18-6-2-1-3-11(18)14(16)19/h4-5,7,11H,1-3,6,8,15H2,(H2,16,19). The first-order valence-corrected chi connectivity index (χ1v) is 6.82. The van der Waals surface area contributed by atoms with E-state index in [2.05, 4.69) is 4.98 Å². The maximum Gasteiger partial charge on any atom is 0.234 e. The number of hydrogen-bond donors (Lipinski definition) is 2. The van der Waals surface area contributed by atoms with E-state index in [1.807, 2.05) is 11.0 Å². The number of rotatable bonds is 3. The number of fused-ring (bicyclic) bond motifs is 1. The van der Waals surface area contributed by atoms with Gasteiger partial charge in [0.15, 0.2) is 5.58 Å². The fraction of sp³-hybridized carbons (Fsp3) is 0.429. The number of primary amides is 1. The molecule has 6 nitrogen and oxygen atoms in total. The van der Waals surface area contributed by atoms with E-state index in [4.69, 9.17) is 15.9 Å². The topological polar surface area (TPSA) is 98.4 Å². The van der Waals surface area contributed by atoms with Crippen LogP contribution in [0.25, 0.3) is 11.1 Å². The molecule has 106 valence electrons. The van der Waals surface area contributed by atoms with Crippen molar-refractivity contribution in [3.05, 3.63) is 24.1 Å². The Morgan fingerprint density at radius 2 is 2.30 bits per heavy atom. The van der Waals surface area contributed by atoms with E-state index in [1.165, 1.54) is 0 Å². The molecule has 1 saturated heterocycles. The van der Waals surface area contributed by atoms with Crippen LogP contribution in [-0.4, -0.2) is 28.4 Å². The summed E-state index contributed by atoms with van der Waals surface area (Å²) in [6.45, 7) is 1.34. The molecule has 1 aromatic heterocycles. The summed E-state index contributed by atoms with van der Waals surface area (Å²) in [6, 6.07) is 5.15. The predicted molar refractivity (Wildman–Crippen MR) is 75.7 cm³/mol. The van der Waals surface area contributed by atoms with Gasteiger partial charge in [-0.15, -0.1) is 0 Å². The van der Waals surface area contributed by atoms with Gasteiger partial charge in [0, 0.05) is 5.69 Å². The smallest absolute Gasteiger partial charge is 0.234 e. The van der Waals surface area contributed by atoms with Crippen molar-refractivity contribution in [2.45, 2.75) is 31.8 Å². The van der Waals surface area contributed by atoms with Crippen molar-refractivity contribution in [2.24, 2.45) is 5.73 Å². The molecule has 1 amide bonds. The van der Waals surface area contributed by atoms with E-state index in [9.17, 15) is 4.79 Å². The lowest BCUT2D eigenvalue weighted by atomic mass is 10.0. The van der Waals surface area contributed by atoms with E-state index in [0.717, 1.165) is 31.3 Å². The maximum absolute atomic E-state index is 11.5. The van der Waals surface area contributed by atoms with E-state index in [0.29, 0.717) is 23.7 Å². The molecule has 3 rings (SSSR count). The number of aromatic nitrogens is 1.